The molecule has 2 aromatic carbocycles. The maximum atomic E-state index is 12.8. The van der Waals surface area contributed by atoms with Crippen molar-refractivity contribution in [2.75, 3.05) is 31.1 Å². The number of nitrogens with zero attached hydrogens (tertiary/aromatic N) is 5. The third-order valence-corrected chi connectivity index (χ3v) is 6.64. The van der Waals surface area contributed by atoms with Crippen molar-refractivity contribution in [1.29, 1.82) is 0 Å². The number of piperazine rings is 1. The lowest BCUT2D eigenvalue weighted by Crippen LogP contribution is -2.47. The number of benzene rings is 2. The van der Waals surface area contributed by atoms with Crippen molar-refractivity contribution in [1.82, 2.24) is 24.0 Å². The molecule has 8 nitrogen and oxygen atoms in total. The van der Waals surface area contributed by atoms with E-state index < -0.39 is 5.69 Å². The summed E-state index contributed by atoms with van der Waals surface area (Å²) in [7, 11) is 1.65. The highest BCUT2D eigenvalue weighted by atomic mass is 16.2. The van der Waals surface area contributed by atoms with Gasteiger partial charge < -0.3 is 9.47 Å². The van der Waals surface area contributed by atoms with Gasteiger partial charge in [-0.2, -0.15) is 4.98 Å². The molecular formula is C26H30N6O2. The Balaban J connectivity index is 1.41. The van der Waals surface area contributed by atoms with Crippen LogP contribution in [-0.4, -0.2) is 50.2 Å². The molecule has 2 aromatic heterocycles. The quantitative estimate of drug-likeness (QED) is 0.480. The molecule has 3 heterocycles. The lowest BCUT2D eigenvalue weighted by atomic mass is 10.1. The molecule has 0 radical (unpaired) electrons. The van der Waals surface area contributed by atoms with Crippen LogP contribution in [0.3, 0.4) is 0 Å². The molecule has 5 rings (SSSR count). The van der Waals surface area contributed by atoms with Crippen LogP contribution in [0.5, 0.6) is 0 Å². The lowest BCUT2D eigenvalue weighted by Gasteiger charge is -2.35. The number of imidazole rings is 1. The molecule has 1 fully saturated rings. The van der Waals surface area contributed by atoms with Gasteiger partial charge in [0.1, 0.15) is 0 Å². The molecule has 0 spiro atoms. The number of rotatable bonds is 6. The molecule has 1 N–H and O–H groups in total. The molecule has 8 heteroatoms. The number of nitrogens with one attached hydrogen (secondary N) is 1. The number of H-pyrrole nitrogens is 1. The molecule has 4 aromatic rings. The third-order valence-electron chi connectivity index (χ3n) is 6.64. The molecule has 176 valence electrons. The summed E-state index contributed by atoms with van der Waals surface area (Å²) in [5.74, 6) is 0.757. The van der Waals surface area contributed by atoms with Gasteiger partial charge in [0.05, 0.1) is 0 Å². The van der Waals surface area contributed by atoms with Crippen LogP contribution in [0.15, 0.2) is 64.2 Å². The second kappa shape index (κ2) is 9.30. The van der Waals surface area contributed by atoms with E-state index >= 15 is 0 Å². The highest BCUT2D eigenvalue weighted by Gasteiger charge is 2.25. The van der Waals surface area contributed by atoms with E-state index in [4.69, 9.17) is 4.98 Å². The van der Waals surface area contributed by atoms with Gasteiger partial charge in [-0.3, -0.25) is 19.2 Å². The van der Waals surface area contributed by atoms with Crippen molar-refractivity contribution < 1.29 is 0 Å². The van der Waals surface area contributed by atoms with Crippen LogP contribution in [-0.2, 0) is 26.6 Å². The van der Waals surface area contributed by atoms with Gasteiger partial charge in [-0.15, -0.1) is 0 Å². The SMILES string of the molecule is Cc1ccc(CN2CCN(c3nc4c(c(=O)[nH]c(=O)n4C)n3CCc3ccccc3)CC2)cc1. The molecule has 0 saturated carbocycles. The Morgan fingerprint density at radius 1 is 0.912 bits per heavy atom. The van der Waals surface area contributed by atoms with E-state index in [1.165, 1.54) is 21.3 Å². The van der Waals surface area contributed by atoms with E-state index in [0.717, 1.165) is 45.1 Å². The zero-order chi connectivity index (χ0) is 23.7. The molecule has 0 aliphatic carbocycles. The summed E-state index contributed by atoms with van der Waals surface area (Å²) in [5, 5.41) is 0. The predicted octanol–water partition coefficient (Wildman–Crippen LogP) is 2.30. The van der Waals surface area contributed by atoms with Gasteiger partial charge in [-0.25, -0.2) is 4.79 Å². The zero-order valence-corrected chi connectivity index (χ0v) is 19.7. The highest BCUT2D eigenvalue weighted by molar-refractivity contribution is 5.74. The second-order valence-corrected chi connectivity index (χ2v) is 9.04. The van der Waals surface area contributed by atoms with Gasteiger partial charge >= 0.3 is 5.69 Å². The van der Waals surface area contributed by atoms with Crippen molar-refractivity contribution in [2.24, 2.45) is 7.05 Å². The monoisotopic (exact) mass is 458 g/mol. The Morgan fingerprint density at radius 2 is 1.62 bits per heavy atom. The van der Waals surface area contributed by atoms with Crippen molar-refractivity contribution in [3.63, 3.8) is 0 Å². The fourth-order valence-corrected chi connectivity index (χ4v) is 4.62. The Kier molecular flexibility index (Phi) is 6.06. The molecule has 0 atom stereocenters. The van der Waals surface area contributed by atoms with Gasteiger partial charge in [0.25, 0.3) is 5.56 Å². The highest BCUT2D eigenvalue weighted by Crippen LogP contribution is 2.22. The third kappa shape index (κ3) is 4.41. The summed E-state index contributed by atoms with van der Waals surface area (Å²) >= 11 is 0. The van der Waals surface area contributed by atoms with Gasteiger partial charge in [0.2, 0.25) is 5.95 Å². The molecule has 0 bridgehead atoms. The van der Waals surface area contributed by atoms with Crippen molar-refractivity contribution in [3.05, 3.63) is 92.1 Å². The maximum Gasteiger partial charge on any atom is 0.329 e. The van der Waals surface area contributed by atoms with E-state index in [9.17, 15) is 9.59 Å². The zero-order valence-electron chi connectivity index (χ0n) is 19.7. The summed E-state index contributed by atoms with van der Waals surface area (Å²) in [6, 6.07) is 18.9. The van der Waals surface area contributed by atoms with Gasteiger partial charge in [0, 0.05) is 46.3 Å². The Hall–Kier alpha value is -3.65. The molecule has 1 aliphatic rings. The summed E-state index contributed by atoms with van der Waals surface area (Å²) in [6.45, 7) is 7.08. The molecular weight excluding hydrogens is 428 g/mol. The number of fused-ring (bicyclic) bond motifs is 1. The number of aromatic nitrogens is 4. The van der Waals surface area contributed by atoms with Gasteiger partial charge in [-0.1, -0.05) is 60.2 Å². The van der Waals surface area contributed by atoms with E-state index in [1.54, 1.807) is 7.05 Å². The van der Waals surface area contributed by atoms with E-state index in [0.29, 0.717) is 17.7 Å². The predicted molar refractivity (Wildman–Crippen MR) is 134 cm³/mol. The minimum absolute atomic E-state index is 0.386. The fourth-order valence-electron chi connectivity index (χ4n) is 4.62. The number of hydrogen-bond donors (Lipinski definition) is 1. The first-order valence-corrected chi connectivity index (χ1v) is 11.8. The fraction of sp³-hybridized carbons (Fsp3) is 0.346. The van der Waals surface area contributed by atoms with Crippen LogP contribution in [0.1, 0.15) is 16.7 Å². The van der Waals surface area contributed by atoms with Crippen LogP contribution in [0.2, 0.25) is 0 Å². The molecule has 0 amide bonds. The van der Waals surface area contributed by atoms with E-state index in [1.807, 2.05) is 22.8 Å². The first-order chi connectivity index (χ1) is 16.5. The van der Waals surface area contributed by atoms with Crippen LogP contribution >= 0.6 is 0 Å². The number of anilines is 1. The number of aromatic amines is 1. The molecule has 34 heavy (non-hydrogen) atoms. The van der Waals surface area contributed by atoms with Crippen LogP contribution in [0.25, 0.3) is 11.2 Å². The average molecular weight is 459 g/mol. The second-order valence-electron chi connectivity index (χ2n) is 9.04. The molecule has 1 saturated heterocycles. The molecule has 0 unspecified atom stereocenters. The largest absolute Gasteiger partial charge is 0.340 e. The summed E-state index contributed by atoms with van der Waals surface area (Å²) in [4.78, 5) is 36.9. The summed E-state index contributed by atoms with van der Waals surface area (Å²) < 4.78 is 3.41. The first kappa shape index (κ1) is 22.2. The number of hydrogen-bond acceptors (Lipinski definition) is 5. The summed E-state index contributed by atoms with van der Waals surface area (Å²) in [6.07, 6.45) is 0.773. The van der Waals surface area contributed by atoms with E-state index in [-0.39, 0.29) is 5.56 Å². The minimum atomic E-state index is -0.445. The minimum Gasteiger partial charge on any atom is -0.340 e. The van der Waals surface area contributed by atoms with Crippen LogP contribution in [0.4, 0.5) is 5.95 Å². The van der Waals surface area contributed by atoms with E-state index in [2.05, 4.69) is 58.1 Å². The Labute approximate surface area is 198 Å². The Bertz CT molecular complexity index is 1390. The van der Waals surface area contributed by atoms with Crippen LogP contribution in [0, 0.1) is 6.92 Å². The normalized spacial score (nSPS) is 14.7. The average Bonchev–Trinajstić information content (AvgIpc) is 3.24. The van der Waals surface area contributed by atoms with Crippen LogP contribution < -0.4 is 16.1 Å². The van der Waals surface area contributed by atoms with Crippen molar-refractivity contribution in [2.45, 2.75) is 26.4 Å². The standard InChI is InChI=1S/C26H30N6O2/c1-19-8-10-21(11-9-19)18-30-14-16-31(17-15-30)25-27-23-22(24(33)28-26(34)29(23)2)32(25)13-12-20-6-4-3-5-7-20/h3-11H,12-18H2,1-2H3,(H,28,33,34). The number of aryl methyl sites for hydroxylation is 4. The maximum absolute atomic E-state index is 12.8. The molecule has 1 aliphatic heterocycles. The Morgan fingerprint density at radius 3 is 2.32 bits per heavy atom. The van der Waals surface area contributed by atoms with Gasteiger partial charge in [0.15, 0.2) is 11.2 Å². The topological polar surface area (TPSA) is 79.2 Å². The summed E-state index contributed by atoms with van der Waals surface area (Å²) in [5.41, 5.74) is 3.83. The first-order valence-electron chi connectivity index (χ1n) is 11.8. The van der Waals surface area contributed by atoms with Gasteiger partial charge in [-0.05, 0) is 24.5 Å². The van der Waals surface area contributed by atoms with Crippen molar-refractivity contribution >= 4 is 17.1 Å². The lowest BCUT2D eigenvalue weighted by molar-refractivity contribution is 0.248. The van der Waals surface area contributed by atoms with Crippen molar-refractivity contribution in [3.8, 4) is 0 Å². The smallest absolute Gasteiger partial charge is 0.329 e.